The number of thiophene rings is 1. The molecule has 0 bridgehead atoms. The first-order valence-electron chi connectivity index (χ1n) is 7.09. The number of hydrogen-bond donors (Lipinski definition) is 2. The van der Waals surface area contributed by atoms with Crippen LogP contribution in [0.2, 0.25) is 0 Å². The summed E-state index contributed by atoms with van der Waals surface area (Å²) >= 11 is 1.86. The molecule has 4 heteroatoms. The van der Waals surface area contributed by atoms with Gasteiger partial charge in [-0.15, -0.1) is 11.3 Å². The highest BCUT2D eigenvalue weighted by Crippen LogP contribution is 2.17. The Balaban J connectivity index is 1.91. The van der Waals surface area contributed by atoms with Gasteiger partial charge in [0.05, 0.1) is 6.54 Å². The van der Waals surface area contributed by atoms with E-state index >= 15 is 0 Å². The van der Waals surface area contributed by atoms with Crippen molar-refractivity contribution in [2.24, 2.45) is 4.99 Å². The number of aliphatic imine (C=N–C) groups is 1. The average Bonchev–Trinajstić information content (AvgIpc) is 3.07. The van der Waals surface area contributed by atoms with E-state index in [2.05, 4.69) is 53.8 Å². The van der Waals surface area contributed by atoms with Gasteiger partial charge in [-0.2, -0.15) is 0 Å². The SMILES string of the molecule is CCNC(=NCc1ccc(CC)s1)NC1CC=CC1. The lowest BCUT2D eigenvalue weighted by Gasteiger charge is -2.16. The van der Waals surface area contributed by atoms with Crippen LogP contribution in [-0.4, -0.2) is 18.5 Å². The van der Waals surface area contributed by atoms with E-state index in [1.807, 2.05) is 11.3 Å². The molecule has 0 aromatic carbocycles. The summed E-state index contributed by atoms with van der Waals surface area (Å²) in [6.45, 7) is 5.96. The average molecular weight is 277 g/mol. The fourth-order valence-corrected chi connectivity index (χ4v) is 2.99. The molecule has 0 spiro atoms. The molecule has 0 saturated heterocycles. The van der Waals surface area contributed by atoms with Crippen LogP contribution in [0.15, 0.2) is 29.3 Å². The van der Waals surface area contributed by atoms with Gasteiger partial charge < -0.3 is 10.6 Å². The zero-order valence-corrected chi connectivity index (χ0v) is 12.6. The molecule has 2 N–H and O–H groups in total. The number of nitrogens with zero attached hydrogens (tertiary/aromatic N) is 1. The molecule has 1 aromatic heterocycles. The molecule has 0 saturated carbocycles. The second-order valence-corrected chi connectivity index (χ2v) is 5.95. The van der Waals surface area contributed by atoms with Crippen molar-refractivity contribution in [3.05, 3.63) is 34.0 Å². The minimum Gasteiger partial charge on any atom is -0.357 e. The summed E-state index contributed by atoms with van der Waals surface area (Å²) in [6.07, 6.45) is 7.77. The van der Waals surface area contributed by atoms with E-state index in [9.17, 15) is 0 Å². The minimum atomic E-state index is 0.507. The normalized spacial score (nSPS) is 16.0. The summed E-state index contributed by atoms with van der Waals surface area (Å²) in [5.41, 5.74) is 0. The van der Waals surface area contributed by atoms with Crippen LogP contribution in [0.4, 0.5) is 0 Å². The molecule has 0 amide bonds. The van der Waals surface area contributed by atoms with E-state index < -0.39 is 0 Å². The highest BCUT2D eigenvalue weighted by molar-refractivity contribution is 7.11. The van der Waals surface area contributed by atoms with Crippen LogP contribution in [0.5, 0.6) is 0 Å². The second kappa shape index (κ2) is 7.34. The van der Waals surface area contributed by atoms with E-state index in [4.69, 9.17) is 0 Å². The van der Waals surface area contributed by atoms with Gasteiger partial charge in [-0.05, 0) is 38.3 Å². The Morgan fingerprint density at radius 1 is 1.26 bits per heavy atom. The molecular formula is C15H23N3S. The maximum absolute atomic E-state index is 4.67. The lowest BCUT2D eigenvalue weighted by Crippen LogP contribution is -2.42. The third kappa shape index (κ3) is 4.39. The van der Waals surface area contributed by atoms with Gasteiger partial charge in [0.2, 0.25) is 0 Å². The Morgan fingerprint density at radius 3 is 2.63 bits per heavy atom. The van der Waals surface area contributed by atoms with Gasteiger partial charge in [-0.3, -0.25) is 0 Å². The van der Waals surface area contributed by atoms with Crippen molar-refractivity contribution in [1.82, 2.24) is 10.6 Å². The largest absolute Gasteiger partial charge is 0.357 e. The molecule has 0 fully saturated rings. The number of guanidine groups is 1. The van der Waals surface area contributed by atoms with Gasteiger partial charge in [0.15, 0.2) is 5.96 Å². The van der Waals surface area contributed by atoms with Crippen molar-refractivity contribution in [2.75, 3.05) is 6.54 Å². The molecule has 3 nitrogen and oxygen atoms in total. The van der Waals surface area contributed by atoms with Crippen LogP contribution in [0.25, 0.3) is 0 Å². The number of hydrogen-bond acceptors (Lipinski definition) is 2. The van der Waals surface area contributed by atoms with Crippen LogP contribution >= 0.6 is 11.3 Å². The van der Waals surface area contributed by atoms with Crippen molar-refractivity contribution in [3.63, 3.8) is 0 Å². The summed E-state index contributed by atoms with van der Waals surface area (Å²) in [4.78, 5) is 7.44. The third-order valence-corrected chi connectivity index (χ3v) is 4.37. The third-order valence-electron chi connectivity index (χ3n) is 3.15. The predicted molar refractivity (Wildman–Crippen MR) is 83.8 cm³/mol. The first-order valence-corrected chi connectivity index (χ1v) is 7.91. The summed E-state index contributed by atoms with van der Waals surface area (Å²) in [6, 6.07) is 4.90. The monoisotopic (exact) mass is 277 g/mol. The van der Waals surface area contributed by atoms with E-state index in [1.165, 1.54) is 9.75 Å². The van der Waals surface area contributed by atoms with Crippen molar-refractivity contribution >= 4 is 17.3 Å². The zero-order valence-electron chi connectivity index (χ0n) is 11.8. The van der Waals surface area contributed by atoms with E-state index in [0.29, 0.717) is 6.04 Å². The Kier molecular flexibility index (Phi) is 5.45. The molecule has 0 radical (unpaired) electrons. The molecule has 19 heavy (non-hydrogen) atoms. The smallest absolute Gasteiger partial charge is 0.191 e. The predicted octanol–water partition coefficient (Wildman–Crippen LogP) is 3.08. The molecule has 1 aromatic rings. The standard InChI is InChI=1S/C15H23N3S/c1-3-13-9-10-14(19-13)11-17-15(16-4-2)18-12-7-5-6-8-12/h5-6,9-10,12H,3-4,7-8,11H2,1-2H3,(H2,16,17,18). The fraction of sp³-hybridized carbons (Fsp3) is 0.533. The Labute approximate surface area is 119 Å². The molecule has 1 heterocycles. The first-order chi connectivity index (χ1) is 9.31. The van der Waals surface area contributed by atoms with Crippen LogP contribution in [-0.2, 0) is 13.0 Å². The van der Waals surface area contributed by atoms with E-state index in [0.717, 1.165) is 38.3 Å². The van der Waals surface area contributed by atoms with Gasteiger partial charge >= 0.3 is 0 Å². The van der Waals surface area contributed by atoms with Crippen LogP contribution < -0.4 is 10.6 Å². The second-order valence-electron chi connectivity index (χ2n) is 4.70. The molecule has 1 aliphatic carbocycles. The van der Waals surface area contributed by atoms with Crippen molar-refractivity contribution in [1.29, 1.82) is 0 Å². The fourth-order valence-electron chi connectivity index (χ4n) is 2.10. The Bertz CT molecular complexity index is 440. The molecule has 2 rings (SSSR count). The van der Waals surface area contributed by atoms with Gasteiger partial charge in [0.1, 0.15) is 0 Å². The maximum Gasteiger partial charge on any atom is 0.191 e. The van der Waals surface area contributed by atoms with Crippen LogP contribution in [0.3, 0.4) is 0 Å². The maximum atomic E-state index is 4.67. The Hall–Kier alpha value is -1.29. The minimum absolute atomic E-state index is 0.507. The zero-order chi connectivity index (χ0) is 13.5. The van der Waals surface area contributed by atoms with E-state index in [-0.39, 0.29) is 0 Å². The van der Waals surface area contributed by atoms with Gasteiger partial charge in [-0.25, -0.2) is 4.99 Å². The van der Waals surface area contributed by atoms with Gasteiger partial charge in [0, 0.05) is 22.3 Å². The molecule has 0 unspecified atom stereocenters. The number of rotatable bonds is 5. The lowest BCUT2D eigenvalue weighted by atomic mass is 10.2. The quantitative estimate of drug-likeness (QED) is 0.493. The number of aryl methyl sites for hydroxylation is 1. The van der Waals surface area contributed by atoms with Crippen molar-refractivity contribution < 1.29 is 0 Å². The summed E-state index contributed by atoms with van der Waals surface area (Å²) in [7, 11) is 0. The highest BCUT2D eigenvalue weighted by Gasteiger charge is 2.11. The molecule has 0 aliphatic heterocycles. The van der Waals surface area contributed by atoms with Gasteiger partial charge in [-0.1, -0.05) is 19.1 Å². The molecule has 1 aliphatic rings. The topological polar surface area (TPSA) is 36.4 Å². The molecular weight excluding hydrogens is 254 g/mol. The first kappa shape index (κ1) is 14.1. The summed E-state index contributed by atoms with van der Waals surface area (Å²) in [5, 5.41) is 6.81. The highest BCUT2D eigenvalue weighted by atomic mass is 32.1. The van der Waals surface area contributed by atoms with Crippen molar-refractivity contribution in [2.45, 2.75) is 45.7 Å². The summed E-state index contributed by atoms with van der Waals surface area (Å²) in [5.74, 6) is 0.933. The summed E-state index contributed by atoms with van der Waals surface area (Å²) < 4.78 is 0. The van der Waals surface area contributed by atoms with Gasteiger partial charge in [0.25, 0.3) is 0 Å². The Morgan fingerprint density at radius 2 is 2.00 bits per heavy atom. The van der Waals surface area contributed by atoms with Crippen LogP contribution in [0.1, 0.15) is 36.4 Å². The van der Waals surface area contributed by atoms with Crippen molar-refractivity contribution in [3.8, 4) is 0 Å². The molecule has 104 valence electrons. The van der Waals surface area contributed by atoms with E-state index in [1.54, 1.807) is 0 Å². The van der Waals surface area contributed by atoms with Crippen LogP contribution in [0, 0.1) is 0 Å². The number of nitrogens with one attached hydrogen (secondary N) is 2. The lowest BCUT2D eigenvalue weighted by molar-refractivity contribution is 0.633. The molecule has 0 atom stereocenters.